The van der Waals surface area contributed by atoms with Gasteiger partial charge in [0, 0.05) is 11.6 Å². The molecule has 0 radical (unpaired) electrons. The lowest BCUT2D eigenvalue weighted by molar-refractivity contribution is 0.357. The van der Waals surface area contributed by atoms with Crippen molar-refractivity contribution in [1.82, 2.24) is 0 Å². The molecule has 0 saturated carbocycles. The minimum atomic E-state index is -0.00425. The summed E-state index contributed by atoms with van der Waals surface area (Å²) >= 11 is 0. The highest BCUT2D eigenvalue weighted by molar-refractivity contribution is 5.39. The summed E-state index contributed by atoms with van der Waals surface area (Å²) in [5.74, 6) is 0.861. The van der Waals surface area contributed by atoms with Gasteiger partial charge >= 0.3 is 0 Å². The molecule has 0 aliphatic rings. The zero-order valence-corrected chi connectivity index (χ0v) is 8.79. The Hall–Kier alpha value is -1.28. The van der Waals surface area contributed by atoms with E-state index in [4.69, 9.17) is 10.5 Å². The first-order valence-electron chi connectivity index (χ1n) is 4.75. The molecule has 1 atom stereocenters. The minimum absolute atomic E-state index is 0.00425. The summed E-state index contributed by atoms with van der Waals surface area (Å²) < 4.78 is 5.53. The molecule has 76 valence electrons. The van der Waals surface area contributed by atoms with Gasteiger partial charge in [-0.15, -0.1) is 0 Å². The van der Waals surface area contributed by atoms with Gasteiger partial charge in [-0.25, -0.2) is 0 Å². The second-order valence-corrected chi connectivity index (χ2v) is 3.43. The van der Waals surface area contributed by atoms with Crippen LogP contribution in [0.4, 0.5) is 0 Å². The van der Waals surface area contributed by atoms with Gasteiger partial charge in [0.15, 0.2) is 0 Å². The summed E-state index contributed by atoms with van der Waals surface area (Å²) in [5.41, 5.74) is 8.04. The quantitative estimate of drug-likeness (QED) is 0.742. The Morgan fingerprint density at radius 3 is 2.86 bits per heavy atom. The van der Waals surface area contributed by atoms with E-state index in [1.165, 1.54) is 5.56 Å². The Balaban J connectivity index is 2.96. The smallest absolute Gasteiger partial charge is 0.124 e. The number of nitrogens with two attached hydrogens (primary N) is 1. The molecule has 14 heavy (non-hydrogen) atoms. The fraction of sp³-hybridized carbons (Fsp3) is 0.333. The molecule has 1 aromatic rings. The van der Waals surface area contributed by atoms with E-state index < -0.39 is 0 Å². The van der Waals surface area contributed by atoms with E-state index in [1.807, 2.05) is 32.0 Å². The summed E-state index contributed by atoms with van der Waals surface area (Å²) in [4.78, 5) is 0. The molecule has 2 N–H and O–H groups in total. The lowest BCUT2D eigenvalue weighted by Crippen LogP contribution is -2.08. The van der Waals surface area contributed by atoms with Crippen LogP contribution < -0.4 is 10.5 Å². The molecule has 1 unspecified atom stereocenters. The number of benzene rings is 1. The molecule has 0 bridgehead atoms. The zero-order chi connectivity index (χ0) is 10.6. The third kappa shape index (κ3) is 2.60. The Bertz CT molecular complexity index is 318. The Labute approximate surface area is 85.4 Å². The highest BCUT2D eigenvalue weighted by Gasteiger charge is 2.07. The maximum atomic E-state index is 5.83. The van der Waals surface area contributed by atoms with Crippen molar-refractivity contribution in [3.63, 3.8) is 0 Å². The van der Waals surface area contributed by atoms with Gasteiger partial charge in [-0.3, -0.25) is 0 Å². The second-order valence-electron chi connectivity index (χ2n) is 3.43. The number of hydrogen-bond acceptors (Lipinski definition) is 2. The van der Waals surface area contributed by atoms with E-state index in [0.717, 1.165) is 11.3 Å². The molecule has 2 heteroatoms. The number of aryl methyl sites for hydroxylation is 1. The van der Waals surface area contributed by atoms with Crippen molar-refractivity contribution in [2.45, 2.75) is 19.9 Å². The van der Waals surface area contributed by atoms with E-state index in [-0.39, 0.29) is 6.04 Å². The van der Waals surface area contributed by atoms with Crippen molar-refractivity contribution in [3.8, 4) is 5.75 Å². The number of hydrogen-bond donors (Lipinski definition) is 1. The second kappa shape index (κ2) is 4.82. The van der Waals surface area contributed by atoms with Gasteiger partial charge < -0.3 is 10.5 Å². The van der Waals surface area contributed by atoms with Crippen LogP contribution >= 0.6 is 0 Å². The Kier molecular flexibility index (Phi) is 3.72. The van der Waals surface area contributed by atoms with Gasteiger partial charge in [-0.1, -0.05) is 24.8 Å². The van der Waals surface area contributed by atoms with Crippen molar-refractivity contribution >= 4 is 0 Å². The van der Waals surface area contributed by atoms with Gasteiger partial charge in [0.05, 0.1) is 0 Å². The fourth-order valence-corrected chi connectivity index (χ4v) is 1.29. The standard InChI is InChI=1S/C12H17NO/c1-4-7-14-12-8-9(2)5-6-11(12)10(3)13/h4-6,8,10H,1,7,13H2,2-3H3. The highest BCUT2D eigenvalue weighted by Crippen LogP contribution is 2.24. The normalized spacial score (nSPS) is 12.2. The topological polar surface area (TPSA) is 35.2 Å². The zero-order valence-electron chi connectivity index (χ0n) is 8.79. The van der Waals surface area contributed by atoms with Crippen LogP contribution in [0.2, 0.25) is 0 Å². The van der Waals surface area contributed by atoms with Crippen molar-refractivity contribution in [2.24, 2.45) is 5.73 Å². The molecule has 0 fully saturated rings. The van der Waals surface area contributed by atoms with Gasteiger partial charge in [-0.05, 0) is 25.5 Å². The van der Waals surface area contributed by atoms with Gasteiger partial charge in [0.2, 0.25) is 0 Å². The van der Waals surface area contributed by atoms with E-state index in [0.29, 0.717) is 6.61 Å². The average molecular weight is 191 g/mol. The third-order valence-corrected chi connectivity index (χ3v) is 2.02. The molecule has 0 amide bonds. The molecule has 0 spiro atoms. The molecule has 0 saturated heterocycles. The van der Waals surface area contributed by atoms with E-state index >= 15 is 0 Å². The lowest BCUT2D eigenvalue weighted by Gasteiger charge is -2.13. The molecule has 0 aromatic heterocycles. The molecule has 0 aliphatic carbocycles. The monoisotopic (exact) mass is 191 g/mol. The average Bonchev–Trinajstić information content (AvgIpc) is 2.14. The summed E-state index contributed by atoms with van der Waals surface area (Å²) in [7, 11) is 0. The Morgan fingerprint density at radius 1 is 1.57 bits per heavy atom. The first-order valence-corrected chi connectivity index (χ1v) is 4.75. The van der Waals surface area contributed by atoms with Crippen molar-refractivity contribution in [2.75, 3.05) is 6.61 Å². The van der Waals surface area contributed by atoms with Crippen LogP contribution in [-0.2, 0) is 0 Å². The van der Waals surface area contributed by atoms with Crippen LogP contribution in [0.3, 0.4) is 0 Å². The summed E-state index contributed by atoms with van der Waals surface area (Å²) in [6.45, 7) is 8.12. The predicted octanol–water partition coefficient (Wildman–Crippen LogP) is 2.58. The van der Waals surface area contributed by atoms with Crippen LogP contribution in [0.25, 0.3) is 0 Å². The molecule has 0 aliphatic heterocycles. The SMILES string of the molecule is C=CCOc1cc(C)ccc1C(C)N. The van der Waals surface area contributed by atoms with Crippen molar-refractivity contribution in [1.29, 1.82) is 0 Å². The molecule has 1 aromatic carbocycles. The lowest BCUT2D eigenvalue weighted by atomic mass is 10.1. The molecule has 1 rings (SSSR count). The molecular formula is C12H17NO. The molecular weight excluding hydrogens is 174 g/mol. The maximum Gasteiger partial charge on any atom is 0.124 e. The predicted molar refractivity (Wildman–Crippen MR) is 59.5 cm³/mol. The van der Waals surface area contributed by atoms with Crippen LogP contribution in [0.5, 0.6) is 5.75 Å². The van der Waals surface area contributed by atoms with Crippen LogP contribution in [0.1, 0.15) is 24.1 Å². The van der Waals surface area contributed by atoms with E-state index in [2.05, 4.69) is 6.58 Å². The summed E-state index contributed by atoms with van der Waals surface area (Å²) in [6, 6.07) is 6.05. The number of rotatable bonds is 4. The first kappa shape index (κ1) is 10.8. The van der Waals surface area contributed by atoms with E-state index in [1.54, 1.807) is 6.08 Å². The minimum Gasteiger partial charge on any atom is -0.489 e. The summed E-state index contributed by atoms with van der Waals surface area (Å²) in [6.07, 6.45) is 1.73. The van der Waals surface area contributed by atoms with Crippen LogP contribution in [-0.4, -0.2) is 6.61 Å². The largest absolute Gasteiger partial charge is 0.489 e. The first-order chi connectivity index (χ1) is 6.65. The maximum absolute atomic E-state index is 5.83. The third-order valence-electron chi connectivity index (χ3n) is 2.02. The summed E-state index contributed by atoms with van der Waals surface area (Å²) in [5, 5.41) is 0. The molecule has 2 nitrogen and oxygen atoms in total. The van der Waals surface area contributed by atoms with E-state index in [9.17, 15) is 0 Å². The van der Waals surface area contributed by atoms with Gasteiger partial charge in [0.1, 0.15) is 12.4 Å². The van der Waals surface area contributed by atoms with Gasteiger partial charge in [0.25, 0.3) is 0 Å². The number of ether oxygens (including phenoxy) is 1. The van der Waals surface area contributed by atoms with Crippen LogP contribution in [0.15, 0.2) is 30.9 Å². The van der Waals surface area contributed by atoms with Crippen molar-refractivity contribution in [3.05, 3.63) is 42.0 Å². The molecule has 0 heterocycles. The van der Waals surface area contributed by atoms with Crippen molar-refractivity contribution < 1.29 is 4.74 Å². The fourth-order valence-electron chi connectivity index (χ4n) is 1.29. The van der Waals surface area contributed by atoms with Crippen LogP contribution in [0, 0.1) is 6.92 Å². The Morgan fingerprint density at radius 2 is 2.29 bits per heavy atom. The van der Waals surface area contributed by atoms with Gasteiger partial charge in [-0.2, -0.15) is 0 Å². The highest BCUT2D eigenvalue weighted by atomic mass is 16.5.